The molecule has 6 heteroatoms. The molecule has 0 fully saturated rings. The number of para-hydroxylation sites is 1. The van der Waals surface area contributed by atoms with Crippen LogP contribution in [0.25, 0.3) is 0 Å². The highest BCUT2D eigenvalue weighted by Crippen LogP contribution is 2.20. The topological polar surface area (TPSA) is 87.1 Å². The van der Waals surface area contributed by atoms with E-state index >= 15 is 0 Å². The first kappa shape index (κ1) is 12.6. The van der Waals surface area contributed by atoms with Gasteiger partial charge in [-0.05, 0) is 25.1 Å². The van der Waals surface area contributed by atoms with Gasteiger partial charge in [-0.25, -0.2) is 14.8 Å². The van der Waals surface area contributed by atoms with Crippen molar-refractivity contribution in [2.45, 2.75) is 13.0 Å². The van der Waals surface area contributed by atoms with Crippen molar-refractivity contribution in [2.75, 3.05) is 11.9 Å². The Morgan fingerprint density at radius 3 is 2.80 bits per heavy atom. The van der Waals surface area contributed by atoms with E-state index in [0.29, 0.717) is 18.9 Å². The van der Waals surface area contributed by atoms with Gasteiger partial charge >= 0.3 is 5.97 Å². The van der Waals surface area contributed by atoms with Crippen molar-refractivity contribution in [3.63, 3.8) is 0 Å². The van der Waals surface area contributed by atoms with Crippen LogP contribution >= 0.6 is 0 Å². The second-order valence-corrected chi connectivity index (χ2v) is 4.54. The van der Waals surface area contributed by atoms with Gasteiger partial charge < -0.3 is 15.7 Å². The van der Waals surface area contributed by atoms with E-state index < -0.39 is 5.97 Å². The molecule has 0 amide bonds. The fourth-order valence-electron chi connectivity index (χ4n) is 2.24. The van der Waals surface area contributed by atoms with Crippen LogP contribution in [-0.2, 0) is 13.0 Å². The summed E-state index contributed by atoms with van der Waals surface area (Å²) >= 11 is 0. The molecular formula is C14H14N4O2. The zero-order valence-electron chi connectivity index (χ0n) is 10.8. The van der Waals surface area contributed by atoms with Crippen molar-refractivity contribution in [2.24, 2.45) is 0 Å². The van der Waals surface area contributed by atoms with Crippen molar-refractivity contribution in [1.29, 1.82) is 0 Å². The number of fused-ring (bicyclic) bond motifs is 1. The number of nitrogens with zero attached hydrogens (tertiary/aromatic N) is 2. The number of nitrogens with one attached hydrogen (secondary N) is 2. The number of hydrogen-bond acceptors (Lipinski definition) is 5. The molecule has 0 atom stereocenters. The average Bonchev–Trinajstić information content (AvgIpc) is 2.47. The van der Waals surface area contributed by atoms with Gasteiger partial charge in [0, 0.05) is 17.8 Å². The summed E-state index contributed by atoms with van der Waals surface area (Å²) in [7, 11) is 0. The molecule has 1 aliphatic rings. The quantitative estimate of drug-likeness (QED) is 0.784. The molecule has 1 aliphatic heterocycles. The number of benzene rings is 1. The van der Waals surface area contributed by atoms with Crippen molar-refractivity contribution in [1.82, 2.24) is 15.3 Å². The first-order chi connectivity index (χ1) is 9.74. The number of rotatable bonds is 3. The highest BCUT2D eigenvalue weighted by molar-refractivity contribution is 5.88. The van der Waals surface area contributed by atoms with E-state index in [-0.39, 0.29) is 5.69 Å². The second-order valence-electron chi connectivity index (χ2n) is 4.54. The molecule has 0 radical (unpaired) electrons. The lowest BCUT2D eigenvalue weighted by Gasteiger charge is -2.18. The Morgan fingerprint density at radius 1 is 1.25 bits per heavy atom. The van der Waals surface area contributed by atoms with Gasteiger partial charge in [-0.15, -0.1) is 0 Å². The molecule has 3 rings (SSSR count). The minimum absolute atomic E-state index is 0.0925. The molecular weight excluding hydrogens is 256 g/mol. The maximum Gasteiger partial charge on any atom is 0.354 e. The van der Waals surface area contributed by atoms with E-state index in [2.05, 4.69) is 20.6 Å². The first-order valence-electron chi connectivity index (χ1n) is 6.40. The largest absolute Gasteiger partial charge is 0.476 e. The lowest BCUT2D eigenvalue weighted by Crippen LogP contribution is -2.28. The predicted molar refractivity (Wildman–Crippen MR) is 74.1 cm³/mol. The van der Waals surface area contributed by atoms with Crippen molar-refractivity contribution < 1.29 is 9.90 Å². The third-order valence-electron chi connectivity index (χ3n) is 3.17. The smallest absolute Gasteiger partial charge is 0.354 e. The standard InChI is InChI=1S/C14H14N4O2/c19-13(20)12-10-6-7-15-8-11(10)17-14(18-12)16-9-4-2-1-3-5-9/h1-5,15H,6-8H2,(H,19,20)(H,16,17,18). The molecule has 0 bridgehead atoms. The molecule has 20 heavy (non-hydrogen) atoms. The highest BCUT2D eigenvalue weighted by atomic mass is 16.4. The van der Waals surface area contributed by atoms with Crippen molar-refractivity contribution >= 4 is 17.6 Å². The highest BCUT2D eigenvalue weighted by Gasteiger charge is 2.21. The van der Waals surface area contributed by atoms with Crippen LogP contribution in [0, 0.1) is 0 Å². The lowest BCUT2D eigenvalue weighted by atomic mass is 10.0. The van der Waals surface area contributed by atoms with Gasteiger partial charge in [0.1, 0.15) is 0 Å². The van der Waals surface area contributed by atoms with Crippen LogP contribution in [0.15, 0.2) is 30.3 Å². The number of carboxylic acids is 1. The summed E-state index contributed by atoms with van der Waals surface area (Å²) in [4.78, 5) is 19.9. The van der Waals surface area contributed by atoms with Gasteiger partial charge in [0.25, 0.3) is 0 Å². The van der Waals surface area contributed by atoms with Crippen LogP contribution in [-0.4, -0.2) is 27.6 Å². The molecule has 6 nitrogen and oxygen atoms in total. The molecule has 2 aromatic rings. The van der Waals surface area contributed by atoms with Crippen LogP contribution < -0.4 is 10.6 Å². The summed E-state index contributed by atoms with van der Waals surface area (Å²) in [6, 6.07) is 9.44. The number of carboxylic acid groups (broad SMARTS) is 1. The summed E-state index contributed by atoms with van der Waals surface area (Å²) in [5.74, 6) is -0.697. The molecule has 0 aliphatic carbocycles. The SMILES string of the molecule is O=C(O)c1nc(Nc2ccccc2)nc2c1CCNC2. The maximum atomic E-state index is 11.3. The van der Waals surface area contributed by atoms with E-state index in [1.54, 1.807) is 0 Å². The maximum absolute atomic E-state index is 11.3. The van der Waals surface area contributed by atoms with E-state index in [9.17, 15) is 9.90 Å². The summed E-state index contributed by atoms with van der Waals surface area (Å²) in [5, 5.41) is 15.5. The van der Waals surface area contributed by atoms with Gasteiger partial charge in [-0.3, -0.25) is 0 Å². The van der Waals surface area contributed by atoms with E-state index in [1.165, 1.54) is 0 Å². The average molecular weight is 270 g/mol. The van der Waals surface area contributed by atoms with E-state index in [0.717, 1.165) is 23.5 Å². The Morgan fingerprint density at radius 2 is 2.05 bits per heavy atom. The van der Waals surface area contributed by atoms with Crippen molar-refractivity contribution in [3.8, 4) is 0 Å². The van der Waals surface area contributed by atoms with Gasteiger partial charge in [-0.1, -0.05) is 18.2 Å². The Bertz CT molecular complexity index is 643. The summed E-state index contributed by atoms with van der Waals surface area (Å²) in [6.07, 6.45) is 0.641. The molecule has 3 N–H and O–H groups in total. The van der Waals surface area contributed by atoms with Crippen LogP contribution in [0.4, 0.5) is 11.6 Å². The number of hydrogen-bond donors (Lipinski definition) is 3. The molecule has 0 saturated heterocycles. The molecule has 0 saturated carbocycles. The van der Waals surface area contributed by atoms with Crippen LogP contribution in [0.3, 0.4) is 0 Å². The molecule has 102 valence electrons. The van der Waals surface area contributed by atoms with Gasteiger partial charge in [-0.2, -0.15) is 0 Å². The van der Waals surface area contributed by atoms with E-state index in [4.69, 9.17) is 0 Å². The minimum Gasteiger partial charge on any atom is -0.476 e. The summed E-state index contributed by atoms with van der Waals surface area (Å²) in [5.41, 5.74) is 2.40. The zero-order valence-corrected chi connectivity index (χ0v) is 10.8. The normalized spacial score (nSPS) is 13.6. The Labute approximate surface area is 115 Å². The fraction of sp³-hybridized carbons (Fsp3) is 0.214. The predicted octanol–water partition coefficient (Wildman–Crippen LogP) is 1.56. The fourth-order valence-corrected chi connectivity index (χ4v) is 2.24. The number of carbonyl (C=O) groups is 1. The molecule has 0 unspecified atom stereocenters. The molecule has 1 aromatic heterocycles. The van der Waals surface area contributed by atoms with Crippen LogP contribution in [0.1, 0.15) is 21.7 Å². The molecule has 2 heterocycles. The number of aromatic nitrogens is 2. The van der Waals surface area contributed by atoms with Crippen LogP contribution in [0.5, 0.6) is 0 Å². The Balaban J connectivity index is 2.00. The second kappa shape index (κ2) is 5.26. The minimum atomic E-state index is -1.01. The molecule has 1 aromatic carbocycles. The zero-order chi connectivity index (χ0) is 13.9. The first-order valence-corrected chi connectivity index (χ1v) is 6.40. The Kier molecular flexibility index (Phi) is 3.30. The monoisotopic (exact) mass is 270 g/mol. The third-order valence-corrected chi connectivity index (χ3v) is 3.17. The lowest BCUT2D eigenvalue weighted by molar-refractivity contribution is 0.0688. The van der Waals surface area contributed by atoms with Crippen molar-refractivity contribution in [3.05, 3.63) is 47.3 Å². The Hall–Kier alpha value is -2.47. The summed E-state index contributed by atoms with van der Waals surface area (Å²) in [6.45, 7) is 1.32. The van der Waals surface area contributed by atoms with Gasteiger partial charge in [0.2, 0.25) is 5.95 Å². The third kappa shape index (κ3) is 2.46. The van der Waals surface area contributed by atoms with Gasteiger partial charge in [0.15, 0.2) is 5.69 Å². The number of anilines is 2. The van der Waals surface area contributed by atoms with E-state index in [1.807, 2.05) is 30.3 Å². The van der Waals surface area contributed by atoms with Crippen LogP contribution in [0.2, 0.25) is 0 Å². The summed E-state index contributed by atoms with van der Waals surface area (Å²) < 4.78 is 0. The number of aromatic carboxylic acids is 1. The van der Waals surface area contributed by atoms with Gasteiger partial charge in [0.05, 0.1) is 5.69 Å². The molecule has 0 spiro atoms.